The van der Waals surface area contributed by atoms with E-state index in [0.29, 0.717) is 0 Å². The Hall–Kier alpha value is -0.900. The zero-order valence-corrected chi connectivity index (χ0v) is 7.14. The minimum Gasteiger partial charge on any atom is -0.411 e. The molecule has 0 aliphatic heterocycles. The lowest BCUT2D eigenvalue weighted by molar-refractivity contribution is 0.321. The topological polar surface area (TPSA) is 45.5 Å². The Bertz CT molecular complexity index is 244. The molecule has 4 heteroatoms. The first-order valence-electron chi connectivity index (χ1n) is 3.48. The number of aryl methyl sites for hydroxylation is 1. The van der Waals surface area contributed by atoms with Gasteiger partial charge in [-0.1, -0.05) is 12.1 Å². The Balaban J connectivity index is 2.65. The summed E-state index contributed by atoms with van der Waals surface area (Å²) >= 11 is 1.60. The molecular formula is C7H10N2OS. The van der Waals surface area contributed by atoms with Gasteiger partial charge in [0.05, 0.1) is 16.9 Å². The number of rotatable bonds is 3. The van der Waals surface area contributed by atoms with E-state index in [1.54, 1.807) is 11.3 Å². The van der Waals surface area contributed by atoms with Gasteiger partial charge in [-0.15, -0.1) is 11.3 Å². The molecule has 0 aliphatic carbocycles. The molecule has 0 amide bonds. The monoisotopic (exact) mass is 170 g/mol. The molecule has 0 saturated heterocycles. The van der Waals surface area contributed by atoms with Crippen molar-refractivity contribution in [3.8, 4) is 0 Å². The van der Waals surface area contributed by atoms with Crippen LogP contribution in [0.3, 0.4) is 0 Å². The summed E-state index contributed by atoms with van der Waals surface area (Å²) < 4.78 is 0. The fourth-order valence-electron chi connectivity index (χ4n) is 0.772. The first-order chi connectivity index (χ1) is 5.36. The van der Waals surface area contributed by atoms with Crippen LogP contribution in [0.25, 0.3) is 0 Å². The standard InChI is InChI=1S/C7H10N2OS/c1-2-3-7-9-6(4-8-10)5-11-7/h4-5,10H,2-3H2,1H3/b8-4-. The molecule has 60 valence electrons. The zero-order chi connectivity index (χ0) is 8.10. The van der Waals surface area contributed by atoms with Gasteiger partial charge in [-0.3, -0.25) is 0 Å². The molecule has 0 saturated carbocycles. The van der Waals surface area contributed by atoms with Gasteiger partial charge in [-0.05, 0) is 12.8 Å². The van der Waals surface area contributed by atoms with Gasteiger partial charge in [-0.2, -0.15) is 0 Å². The highest BCUT2D eigenvalue weighted by Gasteiger charge is 1.97. The van der Waals surface area contributed by atoms with Gasteiger partial charge in [-0.25, -0.2) is 4.98 Å². The average Bonchev–Trinajstić information content (AvgIpc) is 2.38. The minimum absolute atomic E-state index is 0.737. The van der Waals surface area contributed by atoms with Crippen LogP contribution in [-0.4, -0.2) is 16.4 Å². The van der Waals surface area contributed by atoms with E-state index in [4.69, 9.17) is 5.21 Å². The van der Waals surface area contributed by atoms with Crippen molar-refractivity contribution in [2.75, 3.05) is 0 Å². The number of hydrogen-bond acceptors (Lipinski definition) is 4. The number of thiazole rings is 1. The van der Waals surface area contributed by atoms with Gasteiger partial charge in [0.25, 0.3) is 0 Å². The molecule has 1 aromatic rings. The van der Waals surface area contributed by atoms with Crippen molar-refractivity contribution in [2.45, 2.75) is 19.8 Å². The highest BCUT2D eigenvalue weighted by atomic mass is 32.1. The Kier molecular flexibility index (Phi) is 3.04. The van der Waals surface area contributed by atoms with Crippen molar-refractivity contribution in [2.24, 2.45) is 5.16 Å². The van der Waals surface area contributed by atoms with Gasteiger partial charge < -0.3 is 5.21 Å². The third-order valence-electron chi connectivity index (χ3n) is 1.22. The van der Waals surface area contributed by atoms with Crippen LogP contribution in [0.1, 0.15) is 24.0 Å². The molecule has 1 heterocycles. The van der Waals surface area contributed by atoms with Crippen molar-refractivity contribution in [3.05, 3.63) is 16.1 Å². The smallest absolute Gasteiger partial charge is 0.0958 e. The lowest BCUT2D eigenvalue weighted by atomic mass is 10.3. The molecule has 0 unspecified atom stereocenters. The Morgan fingerprint density at radius 2 is 2.64 bits per heavy atom. The summed E-state index contributed by atoms with van der Waals surface area (Å²) in [5.74, 6) is 0. The summed E-state index contributed by atoms with van der Waals surface area (Å²) in [4.78, 5) is 4.20. The maximum Gasteiger partial charge on any atom is 0.0958 e. The fraction of sp³-hybridized carbons (Fsp3) is 0.429. The van der Waals surface area contributed by atoms with Crippen LogP contribution in [0.2, 0.25) is 0 Å². The van der Waals surface area contributed by atoms with Gasteiger partial charge in [0.2, 0.25) is 0 Å². The molecule has 0 spiro atoms. The Morgan fingerprint density at radius 3 is 3.27 bits per heavy atom. The lowest BCUT2D eigenvalue weighted by Gasteiger charge is -1.85. The van der Waals surface area contributed by atoms with Gasteiger partial charge in [0.1, 0.15) is 0 Å². The van der Waals surface area contributed by atoms with Crippen molar-refractivity contribution < 1.29 is 5.21 Å². The summed E-state index contributed by atoms with van der Waals surface area (Å²) in [6.07, 6.45) is 3.45. The van der Waals surface area contributed by atoms with Crippen LogP contribution in [0, 0.1) is 0 Å². The van der Waals surface area contributed by atoms with E-state index in [2.05, 4.69) is 17.1 Å². The van der Waals surface area contributed by atoms with Gasteiger partial charge in [0, 0.05) is 5.38 Å². The summed E-state index contributed by atoms with van der Waals surface area (Å²) in [5, 5.41) is 14.1. The summed E-state index contributed by atoms with van der Waals surface area (Å²) in [6.45, 7) is 2.11. The SMILES string of the molecule is CCCc1nc(/C=N\O)cs1. The second-order valence-corrected chi connectivity index (χ2v) is 3.10. The molecule has 11 heavy (non-hydrogen) atoms. The third kappa shape index (κ3) is 2.31. The van der Waals surface area contributed by atoms with Crippen LogP contribution < -0.4 is 0 Å². The van der Waals surface area contributed by atoms with Crippen LogP contribution >= 0.6 is 11.3 Å². The highest BCUT2D eigenvalue weighted by Crippen LogP contribution is 2.09. The number of oxime groups is 1. The van der Waals surface area contributed by atoms with Crippen LogP contribution in [0.15, 0.2) is 10.5 Å². The van der Waals surface area contributed by atoms with Gasteiger partial charge in [0.15, 0.2) is 0 Å². The van der Waals surface area contributed by atoms with E-state index in [-0.39, 0.29) is 0 Å². The van der Waals surface area contributed by atoms with Crippen molar-refractivity contribution in [1.29, 1.82) is 0 Å². The number of nitrogens with zero attached hydrogens (tertiary/aromatic N) is 2. The molecule has 1 N–H and O–H groups in total. The minimum atomic E-state index is 0.737. The van der Waals surface area contributed by atoms with Crippen LogP contribution in [0.5, 0.6) is 0 Å². The first-order valence-corrected chi connectivity index (χ1v) is 4.36. The zero-order valence-electron chi connectivity index (χ0n) is 6.32. The second-order valence-electron chi connectivity index (χ2n) is 2.16. The fourth-order valence-corrected chi connectivity index (χ4v) is 1.62. The van der Waals surface area contributed by atoms with Gasteiger partial charge >= 0.3 is 0 Å². The molecule has 0 fully saturated rings. The molecule has 1 aromatic heterocycles. The molecule has 0 aromatic carbocycles. The third-order valence-corrected chi connectivity index (χ3v) is 2.15. The summed E-state index contributed by atoms with van der Waals surface area (Å²) in [6, 6.07) is 0. The molecule has 1 rings (SSSR count). The highest BCUT2D eigenvalue weighted by molar-refractivity contribution is 7.09. The molecular weight excluding hydrogens is 160 g/mol. The average molecular weight is 170 g/mol. The van der Waals surface area contributed by atoms with E-state index in [1.807, 2.05) is 5.38 Å². The Morgan fingerprint density at radius 1 is 1.82 bits per heavy atom. The Labute approximate surface area is 69.4 Å². The molecule has 0 bridgehead atoms. The quantitative estimate of drug-likeness (QED) is 0.428. The van der Waals surface area contributed by atoms with E-state index >= 15 is 0 Å². The van der Waals surface area contributed by atoms with Crippen molar-refractivity contribution in [1.82, 2.24) is 4.98 Å². The first kappa shape index (κ1) is 8.20. The summed E-state index contributed by atoms with van der Waals surface area (Å²) in [7, 11) is 0. The normalized spacial score (nSPS) is 11.0. The van der Waals surface area contributed by atoms with E-state index in [0.717, 1.165) is 23.5 Å². The van der Waals surface area contributed by atoms with E-state index < -0.39 is 0 Å². The summed E-state index contributed by atoms with van der Waals surface area (Å²) in [5.41, 5.74) is 0.737. The second kappa shape index (κ2) is 4.08. The lowest BCUT2D eigenvalue weighted by Crippen LogP contribution is -1.84. The molecule has 0 atom stereocenters. The van der Waals surface area contributed by atoms with E-state index in [1.165, 1.54) is 6.21 Å². The number of aromatic nitrogens is 1. The number of hydrogen-bond donors (Lipinski definition) is 1. The molecule has 0 aliphatic rings. The maximum atomic E-state index is 8.19. The predicted molar refractivity (Wildman–Crippen MR) is 45.5 cm³/mol. The van der Waals surface area contributed by atoms with Crippen molar-refractivity contribution >= 4 is 17.6 Å². The largest absolute Gasteiger partial charge is 0.411 e. The van der Waals surface area contributed by atoms with Crippen LogP contribution in [-0.2, 0) is 6.42 Å². The van der Waals surface area contributed by atoms with Crippen molar-refractivity contribution in [3.63, 3.8) is 0 Å². The van der Waals surface area contributed by atoms with Crippen LogP contribution in [0.4, 0.5) is 0 Å². The molecule has 3 nitrogen and oxygen atoms in total. The predicted octanol–water partition coefficient (Wildman–Crippen LogP) is 1.90. The van der Waals surface area contributed by atoms with E-state index in [9.17, 15) is 0 Å². The molecule has 0 radical (unpaired) electrons. The maximum absolute atomic E-state index is 8.19.